The van der Waals surface area contributed by atoms with Gasteiger partial charge in [-0.3, -0.25) is 9.59 Å². The molecule has 0 saturated carbocycles. The molecule has 1 aromatic carbocycles. The van der Waals surface area contributed by atoms with Crippen molar-refractivity contribution in [2.75, 3.05) is 6.54 Å². The lowest BCUT2D eigenvalue weighted by Gasteiger charge is -2.32. The van der Waals surface area contributed by atoms with Crippen molar-refractivity contribution in [3.8, 4) is 11.5 Å². The second-order valence-electron chi connectivity index (χ2n) is 5.64. The third-order valence-corrected chi connectivity index (χ3v) is 5.47. The normalized spacial score (nSPS) is 26.3. The van der Waals surface area contributed by atoms with Crippen LogP contribution in [0.3, 0.4) is 0 Å². The van der Waals surface area contributed by atoms with E-state index in [-0.39, 0.29) is 26.6 Å². The minimum atomic E-state index is -0.565. The molecule has 2 atom stereocenters. The van der Waals surface area contributed by atoms with Gasteiger partial charge in [-0.2, -0.15) is 5.10 Å². The van der Waals surface area contributed by atoms with E-state index >= 15 is 0 Å². The average molecular weight is 356 g/mol. The number of hydrazone groups is 1. The van der Waals surface area contributed by atoms with Gasteiger partial charge in [-0.15, -0.1) is 11.8 Å². The van der Waals surface area contributed by atoms with Crippen LogP contribution in [-0.4, -0.2) is 49.8 Å². The molecule has 2 amide bonds. The lowest BCUT2D eigenvalue weighted by molar-refractivity contribution is -0.140. The van der Waals surface area contributed by atoms with Gasteiger partial charge in [0.05, 0.1) is 21.6 Å². The Hall–Kier alpha value is -1.93. The molecule has 3 N–H and O–H groups in total. The molecule has 0 radical (unpaired) electrons. The molecular weight excluding hydrogens is 342 g/mol. The van der Waals surface area contributed by atoms with E-state index in [1.165, 1.54) is 6.07 Å². The highest BCUT2D eigenvalue weighted by atomic mass is 35.5. The van der Waals surface area contributed by atoms with Crippen LogP contribution in [0.2, 0.25) is 5.02 Å². The number of rotatable bonds is 3. The smallest absolute Gasteiger partial charge is 0.271 e. The highest BCUT2D eigenvalue weighted by molar-refractivity contribution is 8.02. The van der Waals surface area contributed by atoms with Crippen LogP contribution in [0, 0.1) is 0 Å². The second-order valence-corrected chi connectivity index (χ2v) is 7.76. The van der Waals surface area contributed by atoms with Crippen LogP contribution in [0.4, 0.5) is 0 Å². The maximum atomic E-state index is 12.0. The van der Waals surface area contributed by atoms with Crippen LogP contribution < -0.4 is 5.43 Å². The lowest BCUT2D eigenvalue weighted by Crippen LogP contribution is -2.47. The zero-order valence-electron chi connectivity index (χ0n) is 12.1. The molecule has 1 aromatic rings. The number of phenols is 2. The molecular formula is C14H14ClN3O4S. The number of carbonyl (C=O) groups is 2. The van der Waals surface area contributed by atoms with Gasteiger partial charge in [-0.25, -0.2) is 5.43 Å². The molecule has 3 rings (SSSR count). The second kappa shape index (κ2) is 5.61. The number of aromatic hydroxyl groups is 2. The van der Waals surface area contributed by atoms with Crippen molar-refractivity contribution in [1.82, 2.24) is 10.3 Å². The van der Waals surface area contributed by atoms with Gasteiger partial charge in [0.1, 0.15) is 0 Å². The van der Waals surface area contributed by atoms with Gasteiger partial charge in [0, 0.05) is 18.3 Å². The Bertz CT molecular complexity index is 703. The predicted octanol–water partition coefficient (Wildman–Crippen LogP) is 1.53. The largest absolute Gasteiger partial charge is 0.504 e. The molecule has 23 heavy (non-hydrogen) atoms. The van der Waals surface area contributed by atoms with Crippen molar-refractivity contribution in [1.29, 1.82) is 0 Å². The van der Waals surface area contributed by atoms with E-state index in [9.17, 15) is 19.8 Å². The zero-order chi connectivity index (χ0) is 16.8. The maximum absolute atomic E-state index is 12.0. The first kappa shape index (κ1) is 15.9. The third-order valence-electron chi connectivity index (χ3n) is 3.72. The number of nitrogens with one attached hydrogen (secondary N) is 1. The number of hydrogen-bond donors (Lipinski definition) is 3. The number of phenolic OH excluding ortho intramolecular Hbond substituents is 2. The molecule has 2 aliphatic rings. The van der Waals surface area contributed by atoms with Gasteiger partial charge in [0.2, 0.25) is 5.91 Å². The summed E-state index contributed by atoms with van der Waals surface area (Å²) in [5.74, 6) is -1.38. The highest BCUT2D eigenvalue weighted by Crippen LogP contribution is 2.45. The van der Waals surface area contributed by atoms with Gasteiger partial charge >= 0.3 is 0 Å². The Kier molecular flexibility index (Phi) is 3.89. The van der Waals surface area contributed by atoms with Crippen LogP contribution in [0.15, 0.2) is 17.2 Å². The topological polar surface area (TPSA) is 102 Å². The molecule has 9 heteroatoms. The number of carbonyl (C=O) groups excluding carboxylic acids is 2. The average Bonchev–Trinajstić information content (AvgIpc) is 2.76. The van der Waals surface area contributed by atoms with Gasteiger partial charge in [-0.1, -0.05) is 11.6 Å². The summed E-state index contributed by atoms with van der Waals surface area (Å²) in [5.41, 5.74) is 2.42. The van der Waals surface area contributed by atoms with E-state index in [2.05, 4.69) is 10.5 Å². The standard InChI is InChI=1S/C14H14ClN3O4S/c1-14(6-18-10(20)4-11(18)23-14)5-16-17-13(22)7-2-8(15)12(21)9(19)3-7/h2-3,5,11,19,21H,4,6H2,1H3,(H,17,22)/b16-5+/t11-,14+/m1/s1. The number of benzene rings is 1. The van der Waals surface area contributed by atoms with E-state index in [0.29, 0.717) is 13.0 Å². The van der Waals surface area contributed by atoms with Crippen molar-refractivity contribution in [3.05, 3.63) is 22.7 Å². The Morgan fingerprint density at radius 3 is 2.91 bits per heavy atom. The number of halogens is 1. The molecule has 0 aliphatic carbocycles. The first-order valence-electron chi connectivity index (χ1n) is 6.82. The first-order chi connectivity index (χ1) is 10.8. The number of amides is 2. The van der Waals surface area contributed by atoms with Gasteiger partial charge in [0.15, 0.2) is 11.5 Å². The Morgan fingerprint density at radius 1 is 1.57 bits per heavy atom. The minimum absolute atomic E-state index is 0.0747. The van der Waals surface area contributed by atoms with E-state index in [1.807, 2.05) is 6.92 Å². The lowest BCUT2D eigenvalue weighted by atomic mass is 10.1. The number of β-lactam (4-membered cyclic amide) rings is 1. The summed E-state index contributed by atoms with van der Waals surface area (Å²) < 4.78 is -0.348. The summed E-state index contributed by atoms with van der Waals surface area (Å²) in [7, 11) is 0. The monoisotopic (exact) mass is 355 g/mol. The quantitative estimate of drug-likeness (QED) is 0.330. The number of hydrogen-bond acceptors (Lipinski definition) is 6. The summed E-state index contributed by atoms with van der Waals surface area (Å²) in [4.78, 5) is 25.2. The summed E-state index contributed by atoms with van der Waals surface area (Å²) in [5, 5.41) is 22.8. The fourth-order valence-electron chi connectivity index (χ4n) is 2.49. The molecule has 0 aromatic heterocycles. The summed E-state index contributed by atoms with van der Waals surface area (Å²) in [6.07, 6.45) is 2.15. The molecule has 2 heterocycles. The van der Waals surface area contributed by atoms with Crippen LogP contribution in [0.25, 0.3) is 0 Å². The highest BCUT2D eigenvalue weighted by Gasteiger charge is 2.49. The van der Waals surface area contributed by atoms with Crippen molar-refractivity contribution in [2.24, 2.45) is 5.10 Å². The maximum Gasteiger partial charge on any atom is 0.271 e. The fourth-order valence-corrected chi connectivity index (χ4v) is 4.19. The van der Waals surface area contributed by atoms with Crippen molar-refractivity contribution in [2.45, 2.75) is 23.5 Å². The third kappa shape index (κ3) is 2.96. The van der Waals surface area contributed by atoms with Gasteiger partial charge in [-0.05, 0) is 19.1 Å². The molecule has 0 unspecified atom stereocenters. The summed E-state index contributed by atoms with van der Waals surface area (Å²) in [6.45, 7) is 2.51. The molecule has 2 aliphatic heterocycles. The molecule has 0 spiro atoms. The first-order valence-corrected chi connectivity index (χ1v) is 8.08. The van der Waals surface area contributed by atoms with Gasteiger partial charge in [0.25, 0.3) is 5.91 Å². The van der Waals surface area contributed by atoms with E-state index < -0.39 is 17.4 Å². The Morgan fingerprint density at radius 2 is 2.30 bits per heavy atom. The summed E-state index contributed by atoms with van der Waals surface area (Å²) in [6, 6.07) is 2.33. The van der Waals surface area contributed by atoms with Crippen LogP contribution in [0.1, 0.15) is 23.7 Å². The summed E-state index contributed by atoms with van der Waals surface area (Å²) >= 11 is 7.34. The SMILES string of the molecule is C[C@]1(/C=N/NC(=O)c2cc(O)c(O)c(Cl)c2)CN2C(=O)C[C@H]2S1. The number of thioether (sulfide) groups is 1. The molecule has 7 nitrogen and oxygen atoms in total. The van der Waals surface area contributed by atoms with E-state index in [1.54, 1.807) is 22.9 Å². The van der Waals surface area contributed by atoms with Crippen molar-refractivity contribution in [3.63, 3.8) is 0 Å². The Labute approximate surface area is 141 Å². The molecule has 2 fully saturated rings. The minimum Gasteiger partial charge on any atom is -0.504 e. The Balaban J connectivity index is 1.64. The number of nitrogens with zero attached hydrogens (tertiary/aromatic N) is 2. The van der Waals surface area contributed by atoms with E-state index in [4.69, 9.17) is 11.6 Å². The fraction of sp³-hybridized carbons (Fsp3) is 0.357. The van der Waals surface area contributed by atoms with Crippen molar-refractivity contribution < 1.29 is 19.8 Å². The molecule has 0 bridgehead atoms. The zero-order valence-corrected chi connectivity index (χ0v) is 13.7. The van der Waals surface area contributed by atoms with Crippen molar-refractivity contribution >= 4 is 41.4 Å². The van der Waals surface area contributed by atoms with Gasteiger partial charge < -0.3 is 15.1 Å². The molecule has 2 saturated heterocycles. The predicted molar refractivity (Wildman–Crippen MR) is 86.9 cm³/mol. The van der Waals surface area contributed by atoms with Crippen LogP contribution >= 0.6 is 23.4 Å². The van der Waals surface area contributed by atoms with E-state index in [0.717, 1.165) is 6.07 Å². The molecule has 122 valence electrons. The number of fused-ring (bicyclic) bond motifs is 1. The van der Waals surface area contributed by atoms with Crippen LogP contribution in [-0.2, 0) is 4.79 Å². The van der Waals surface area contributed by atoms with Crippen LogP contribution in [0.5, 0.6) is 11.5 Å².